The van der Waals surface area contributed by atoms with Gasteiger partial charge in [-0.1, -0.05) is 6.07 Å². The number of nitrogens with zero attached hydrogens (tertiary/aromatic N) is 3. The van der Waals surface area contributed by atoms with Gasteiger partial charge in [0.05, 0.1) is 17.3 Å². The van der Waals surface area contributed by atoms with Gasteiger partial charge in [0.2, 0.25) is 10.0 Å². The highest BCUT2D eigenvalue weighted by atomic mass is 35.5. The zero-order valence-electron chi connectivity index (χ0n) is 11.9. The Morgan fingerprint density at radius 2 is 2.14 bits per heavy atom. The molecule has 0 unspecified atom stereocenters. The lowest BCUT2D eigenvalue weighted by atomic mass is 10.3. The Morgan fingerprint density at radius 3 is 2.76 bits per heavy atom. The minimum atomic E-state index is -3.61. The lowest BCUT2D eigenvalue weighted by Gasteiger charge is -2.17. The predicted molar refractivity (Wildman–Crippen MR) is 80.6 cm³/mol. The van der Waals surface area contributed by atoms with Crippen LogP contribution >= 0.6 is 11.6 Å². The van der Waals surface area contributed by atoms with Gasteiger partial charge in [0.1, 0.15) is 4.90 Å². The van der Waals surface area contributed by atoms with Crippen LogP contribution in [0.4, 0.5) is 0 Å². The summed E-state index contributed by atoms with van der Waals surface area (Å²) in [6.45, 7) is 2.01. The molecule has 1 N–H and O–H groups in total. The monoisotopic (exact) mass is 328 g/mol. The number of H-pyrrole nitrogens is 1. The first-order chi connectivity index (χ1) is 9.96. The molecule has 2 aromatic heterocycles. The van der Waals surface area contributed by atoms with E-state index in [0.29, 0.717) is 24.4 Å². The second-order valence-corrected chi connectivity index (χ2v) is 6.90. The highest BCUT2D eigenvalue weighted by Gasteiger charge is 2.28. The summed E-state index contributed by atoms with van der Waals surface area (Å²) in [5.74, 6) is 0.0486. The highest BCUT2D eigenvalue weighted by molar-refractivity contribution is 7.89. The summed E-state index contributed by atoms with van der Waals surface area (Å²) in [6, 6.07) is 5.57. The maximum absolute atomic E-state index is 12.6. The Kier molecular flexibility index (Phi) is 4.97. The van der Waals surface area contributed by atoms with Crippen LogP contribution in [0.25, 0.3) is 0 Å². The maximum Gasteiger partial charge on any atom is 0.246 e. The number of hydrogen-bond acceptors (Lipinski definition) is 4. The number of aromatic nitrogens is 3. The molecule has 2 aromatic rings. The van der Waals surface area contributed by atoms with Crippen molar-refractivity contribution in [3.05, 3.63) is 41.5 Å². The summed E-state index contributed by atoms with van der Waals surface area (Å²) in [6.07, 6.45) is 2.24. The Labute approximate surface area is 129 Å². The molecule has 0 spiro atoms. The molecule has 0 aliphatic heterocycles. The molecule has 6 nitrogen and oxygen atoms in total. The van der Waals surface area contributed by atoms with E-state index in [1.165, 1.54) is 4.31 Å². The van der Waals surface area contributed by atoms with Crippen LogP contribution in [0.1, 0.15) is 17.1 Å². The van der Waals surface area contributed by atoms with E-state index in [-0.39, 0.29) is 10.8 Å². The van der Waals surface area contributed by atoms with Gasteiger partial charge in [-0.15, -0.1) is 11.6 Å². The van der Waals surface area contributed by atoms with Crippen LogP contribution in [0.2, 0.25) is 0 Å². The number of alkyl halides is 1. The standard InChI is InChI=1S/C13H17ClN4O2S/c1-10-13(12(9-14)17-16-10)21(19,20)18(2)8-6-11-5-3-4-7-15-11/h3-5,7H,6,8-9H2,1-2H3,(H,16,17). The van der Waals surface area contributed by atoms with Gasteiger partial charge in [-0.05, 0) is 19.1 Å². The van der Waals surface area contributed by atoms with Crippen molar-refractivity contribution in [1.82, 2.24) is 19.5 Å². The lowest BCUT2D eigenvalue weighted by Crippen LogP contribution is -2.30. The smallest absolute Gasteiger partial charge is 0.246 e. The van der Waals surface area contributed by atoms with Gasteiger partial charge >= 0.3 is 0 Å². The molecule has 0 aromatic carbocycles. The fraction of sp³-hybridized carbons (Fsp3) is 0.385. The normalized spacial score (nSPS) is 12.0. The van der Waals surface area contributed by atoms with E-state index in [9.17, 15) is 8.42 Å². The number of pyridine rings is 1. The first-order valence-corrected chi connectivity index (χ1v) is 8.40. The molecular formula is C13H17ClN4O2S. The van der Waals surface area contributed by atoms with Gasteiger partial charge in [0.25, 0.3) is 0 Å². The van der Waals surface area contributed by atoms with E-state index < -0.39 is 10.0 Å². The number of halogens is 1. The second kappa shape index (κ2) is 6.55. The zero-order valence-corrected chi connectivity index (χ0v) is 13.4. The summed E-state index contributed by atoms with van der Waals surface area (Å²) in [4.78, 5) is 4.35. The van der Waals surface area contributed by atoms with E-state index in [4.69, 9.17) is 11.6 Å². The molecule has 2 heterocycles. The number of likely N-dealkylation sites (N-methyl/N-ethyl adjacent to an activating group) is 1. The van der Waals surface area contributed by atoms with Crippen LogP contribution in [-0.4, -0.2) is 41.5 Å². The van der Waals surface area contributed by atoms with Gasteiger partial charge < -0.3 is 0 Å². The molecule has 8 heteroatoms. The third-order valence-corrected chi connectivity index (χ3v) is 5.48. The molecule has 0 atom stereocenters. The summed E-state index contributed by atoms with van der Waals surface area (Å²) >= 11 is 5.75. The van der Waals surface area contributed by atoms with E-state index in [1.54, 1.807) is 20.2 Å². The number of sulfonamides is 1. The quantitative estimate of drug-likeness (QED) is 0.819. The molecule has 0 saturated heterocycles. The number of hydrogen-bond donors (Lipinski definition) is 1. The van der Waals surface area contributed by atoms with Crippen LogP contribution in [0.5, 0.6) is 0 Å². The summed E-state index contributed by atoms with van der Waals surface area (Å²) in [5.41, 5.74) is 1.69. The van der Waals surface area contributed by atoms with Crippen LogP contribution in [0, 0.1) is 6.92 Å². The van der Waals surface area contributed by atoms with Crippen LogP contribution in [-0.2, 0) is 22.3 Å². The van der Waals surface area contributed by atoms with Gasteiger partial charge in [0, 0.05) is 31.9 Å². The molecule has 0 radical (unpaired) electrons. The first kappa shape index (κ1) is 15.9. The fourth-order valence-electron chi connectivity index (χ4n) is 2.00. The van der Waals surface area contributed by atoms with Crippen LogP contribution in [0.15, 0.2) is 29.3 Å². The Hall–Kier alpha value is -1.44. The van der Waals surface area contributed by atoms with Crippen molar-refractivity contribution in [3.63, 3.8) is 0 Å². The number of rotatable bonds is 6. The summed E-state index contributed by atoms with van der Waals surface area (Å²) in [7, 11) is -2.07. The van der Waals surface area contributed by atoms with Gasteiger partial charge in [-0.25, -0.2) is 12.7 Å². The Balaban J connectivity index is 2.17. The first-order valence-electron chi connectivity index (χ1n) is 6.43. The second-order valence-electron chi connectivity index (χ2n) is 4.66. The average Bonchev–Trinajstić information content (AvgIpc) is 2.87. The van der Waals surface area contributed by atoms with Crippen molar-refractivity contribution in [2.24, 2.45) is 0 Å². The van der Waals surface area contributed by atoms with Crippen molar-refractivity contribution in [1.29, 1.82) is 0 Å². The predicted octanol–water partition coefficient (Wildman–Crippen LogP) is 1.72. The van der Waals surface area contributed by atoms with Gasteiger partial charge in [0.15, 0.2) is 0 Å². The van der Waals surface area contributed by atoms with Crippen LogP contribution in [0.3, 0.4) is 0 Å². The molecule has 2 rings (SSSR count). The van der Waals surface area contributed by atoms with E-state index in [2.05, 4.69) is 15.2 Å². The molecular weight excluding hydrogens is 312 g/mol. The van der Waals surface area contributed by atoms with E-state index in [1.807, 2.05) is 18.2 Å². The molecule has 21 heavy (non-hydrogen) atoms. The Bertz CT molecular complexity index is 700. The third kappa shape index (κ3) is 3.42. The minimum absolute atomic E-state index is 0.0486. The van der Waals surface area contributed by atoms with Crippen LogP contribution < -0.4 is 0 Å². The largest absolute Gasteiger partial charge is 0.281 e. The van der Waals surface area contributed by atoms with E-state index >= 15 is 0 Å². The van der Waals surface area contributed by atoms with Crippen molar-refractivity contribution in [2.45, 2.75) is 24.1 Å². The molecule has 0 amide bonds. The highest BCUT2D eigenvalue weighted by Crippen LogP contribution is 2.22. The van der Waals surface area contributed by atoms with Crippen molar-refractivity contribution in [2.75, 3.05) is 13.6 Å². The number of aryl methyl sites for hydroxylation is 1. The molecule has 0 aliphatic carbocycles. The molecule has 0 bridgehead atoms. The van der Waals surface area contributed by atoms with Gasteiger partial charge in [-0.3, -0.25) is 10.1 Å². The van der Waals surface area contributed by atoms with E-state index in [0.717, 1.165) is 5.69 Å². The molecule has 114 valence electrons. The third-order valence-electron chi connectivity index (χ3n) is 3.17. The fourth-order valence-corrected chi connectivity index (χ4v) is 3.76. The van der Waals surface area contributed by atoms with Gasteiger partial charge in [-0.2, -0.15) is 5.10 Å². The zero-order chi connectivity index (χ0) is 15.5. The van der Waals surface area contributed by atoms with Crippen molar-refractivity contribution < 1.29 is 8.42 Å². The maximum atomic E-state index is 12.6. The lowest BCUT2D eigenvalue weighted by molar-refractivity contribution is 0.470. The Morgan fingerprint density at radius 1 is 1.38 bits per heavy atom. The SMILES string of the molecule is Cc1[nH]nc(CCl)c1S(=O)(=O)N(C)CCc1ccccn1. The van der Waals surface area contributed by atoms with Crippen molar-refractivity contribution >= 4 is 21.6 Å². The molecule has 0 aliphatic rings. The minimum Gasteiger partial charge on any atom is -0.281 e. The molecule has 0 saturated carbocycles. The number of nitrogens with one attached hydrogen (secondary N) is 1. The van der Waals surface area contributed by atoms with Crippen molar-refractivity contribution in [3.8, 4) is 0 Å². The average molecular weight is 329 g/mol. The summed E-state index contributed by atoms with van der Waals surface area (Å²) < 4.78 is 26.5. The number of aromatic amines is 1. The topological polar surface area (TPSA) is 79.0 Å². The molecule has 0 fully saturated rings. The summed E-state index contributed by atoms with van der Waals surface area (Å²) in [5, 5.41) is 6.60.